The van der Waals surface area contributed by atoms with Crippen molar-refractivity contribution in [2.75, 3.05) is 13.7 Å². The molecular weight excluding hydrogens is 486 g/mol. The van der Waals surface area contributed by atoms with Gasteiger partial charge in [0, 0.05) is 6.54 Å². The molecule has 1 atom stereocenters. The number of benzene rings is 3. The number of hydrogen-bond acceptors (Lipinski definition) is 4. The first-order chi connectivity index (χ1) is 19.0. The number of carbonyl (C=O) groups is 1. The number of aryl methyl sites for hydroxylation is 1. The van der Waals surface area contributed by atoms with Crippen LogP contribution in [0.3, 0.4) is 0 Å². The Hall–Kier alpha value is -3.93. The Morgan fingerprint density at radius 2 is 1.67 bits per heavy atom. The molecule has 1 unspecified atom stereocenters. The van der Waals surface area contributed by atoms with Crippen molar-refractivity contribution in [1.82, 2.24) is 14.5 Å². The summed E-state index contributed by atoms with van der Waals surface area (Å²) in [5.41, 5.74) is 3.32. The first-order valence-corrected chi connectivity index (χ1v) is 14.0. The van der Waals surface area contributed by atoms with Gasteiger partial charge in [0.15, 0.2) is 0 Å². The van der Waals surface area contributed by atoms with Gasteiger partial charge in [0.25, 0.3) is 5.56 Å². The van der Waals surface area contributed by atoms with E-state index >= 15 is 0 Å². The van der Waals surface area contributed by atoms with Gasteiger partial charge in [0.1, 0.15) is 11.6 Å². The second kappa shape index (κ2) is 13.2. The Morgan fingerprint density at radius 3 is 2.33 bits per heavy atom. The van der Waals surface area contributed by atoms with Crippen LogP contribution in [0.1, 0.15) is 68.9 Å². The van der Waals surface area contributed by atoms with Crippen molar-refractivity contribution >= 4 is 16.8 Å². The van der Waals surface area contributed by atoms with Crippen LogP contribution in [-0.2, 0) is 11.2 Å². The van der Waals surface area contributed by atoms with E-state index in [0.29, 0.717) is 29.7 Å². The minimum atomic E-state index is -0.351. The summed E-state index contributed by atoms with van der Waals surface area (Å²) in [7, 11) is 1.63. The van der Waals surface area contributed by atoms with Crippen LogP contribution in [0.15, 0.2) is 77.6 Å². The number of fused-ring (bicyclic) bond motifs is 1. The van der Waals surface area contributed by atoms with Crippen molar-refractivity contribution in [3.63, 3.8) is 0 Å². The van der Waals surface area contributed by atoms with Crippen LogP contribution in [0.5, 0.6) is 5.75 Å². The van der Waals surface area contributed by atoms with Gasteiger partial charge in [-0.2, -0.15) is 0 Å². The number of rotatable bonds is 12. The van der Waals surface area contributed by atoms with Gasteiger partial charge >= 0.3 is 0 Å². The van der Waals surface area contributed by atoms with Crippen LogP contribution >= 0.6 is 0 Å². The molecule has 4 aromatic rings. The molecule has 0 saturated heterocycles. The Morgan fingerprint density at radius 1 is 0.949 bits per heavy atom. The lowest BCUT2D eigenvalue weighted by atomic mass is 10.1. The molecular formula is C33H39N3O3. The molecule has 1 heterocycles. The predicted octanol–water partition coefficient (Wildman–Crippen LogP) is 6.81. The molecule has 0 radical (unpaired) electrons. The van der Waals surface area contributed by atoms with Crippen LogP contribution in [0.2, 0.25) is 0 Å². The zero-order chi connectivity index (χ0) is 27.8. The minimum absolute atomic E-state index is 0.0291. The molecule has 204 valence electrons. The zero-order valence-electron chi connectivity index (χ0n) is 23.5. The smallest absolute Gasteiger partial charge is 0.266 e. The van der Waals surface area contributed by atoms with E-state index in [1.54, 1.807) is 11.7 Å². The fourth-order valence-electron chi connectivity index (χ4n) is 5.04. The van der Waals surface area contributed by atoms with Gasteiger partial charge in [-0.15, -0.1) is 0 Å². The summed E-state index contributed by atoms with van der Waals surface area (Å²) >= 11 is 0. The van der Waals surface area contributed by atoms with E-state index < -0.39 is 0 Å². The quantitative estimate of drug-likeness (QED) is 0.191. The third-order valence-electron chi connectivity index (χ3n) is 7.24. The molecule has 1 aromatic heterocycles. The number of ether oxygens (including phenoxy) is 1. The summed E-state index contributed by atoms with van der Waals surface area (Å²) in [5.74, 6) is 1.39. The monoisotopic (exact) mass is 525 g/mol. The first kappa shape index (κ1) is 28.1. The number of para-hydroxylation sites is 1. The molecule has 0 aliphatic carbocycles. The highest BCUT2D eigenvalue weighted by Crippen LogP contribution is 2.28. The van der Waals surface area contributed by atoms with Crippen LogP contribution < -0.4 is 10.3 Å². The first-order valence-electron chi connectivity index (χ1n) is 14.0. The molecule has 0 saturated carbocycles. The number of amides is 1. The maximum absolute atomic E-state index is 13.9. The summed E-state index contributed by atoms with van der Waals surface area (Å²) in [4.78, 5) is 34.8. The number of aromatic nitrogens is 2. The predicted molar refractivity (Wildman–Crippen MR) is 158 cm³/mol. The van der Waals surface area contributed by atoms with E-state index in [2.05, 4.69) is 13.8 Å². The van der Waals surface area contributed by atoms with E-state index in [1.807, 2.05) is 84.6 Å². The topological polar surface area (TPSA) is 64.4 Å². The van der Waals surface area contributed by atoms with Crippen LogP contribution in [0.25, 0.3) is 16.6 Å². The third kappa shape index (κ3) is 6.56. The second-order valence-electron chi connectivity index (χ2n) is 10.1. The number of nitrogens with zero attached hydrogens (tertiary/aromatic N) is 3. The van der Waals surface area contributed by atoms with Crippen molar-refractivity contribution in [2.24, 2.45) is 0 Å². The number of hydrogen-bond donors (Lipinski definition) is 0. The Labute approximate surface area is 231 Å². The van der Waals surface area contributed by atoms with Gasteiger partial charge in [0.2, 0.25) is 5.91 Å². The van der Waals surface area contributed by atoms with Gasteiger partial charge in [-0.3, -0.25) is 14.2 Å². The third-order valence-corrected chi connectivity index (χ3v) is 7.24. The van der Waals surface area contributed by atoms with Crippen molar-refractivity contribution in [3.05, 3.63) is 100 Å². The molecule has 6 nitrogen and oxygen atoms in total. The number of carbonyl (C=O) groups excluding carboxylic acids is 1. The fourth-order valence-corrected chi connectivity index (χ4v) is 5.04. The van der Waals surface area contributed by atoms with E-state index in [0.717, 1.165) is 48.2 Å². The van der Waals surface area contributed by atoms with Crippen molar-refractivity contribution in [2.45, 2.75) is 65.3 Å². The zero-order valence-corrected chi connectivity index (χ0v) is 23.5. The number of unbranched alkanes of at least 4 members (excludes halogenated alkanes) is 3. The molecule has 6 heteroatoms. The van der Waals surface area contributed by atoms with Crippen molar-refractivity contribution in [1.29, 1.82) is 0 Å². The Bertz CT molecular complexity index is 1440. The second-order valence-corrected chi connectivity index (χ2v) is 10.1. The van der Waals surface area contributed by atoms with E-state index in [9.17, 15) is 9.59 Å². The molecule has 39 heavy (non-hydrogen) atoms. The van der Waals surface area contributed by atoms with E-state index in [4.69, 9.17) is 9.72 Å². The van der Waals surface area contributed by atoms with E-state index in [-0.39, 0.29) is 23.9 Å². The van der Waals surface area contributed by atoms with Crippen LogP contribution in [0.4, 0.5) is 0 Å². The lowest BCUT2D eigenvalue weighted by Gasteiger charge is -2.32. The molecule has 4 rings (SSSR count). The summed E-state index contributed by atoms with van der Waals surface area (Å²) in [6, 6.07) is 22.6. The molecule has 1 amide bonds. The summed E-state index contributed by atoms with van der Waals surface area (Å²) in [6.45, 7) is 6.88. The molecule has 3 aromatic carbocycles. The molecule has 0 bridgehead atoms. The molecule has 0 aliphatic rings. The lowest BCUT2D eigenvalue weighted by Crippen LogP contribution is -2.40. The van der Waals surface area contributed by atoms with Crippen molar-refractivity contribution in [3.8, 4) is 11.4 Å². The highest BCUT2D eigenvalue weighted by atomic mass is 16.5. The normalized spacial score (nSPS) is 11.9. The fraction of sp³-hybridized carbons (Fsp3) is 0.364. The molecule has 0 fully saturated rings. The van der Waals surface area contributed by atoms with Gasteiger partial charge in [-0.25, -0.2) is 4.98 Å². The Kier molecular flexibility index (Phi) is 9.53. The standard InChI is InChI=1S/C33H39N3O3/c1-5-7-8-11-22-35(31(37)23-25-16-20-27(39-4)21-17-25)30(6-2)32-34-29-13-10-9-12-28(29)33(38)36(32)26-18-14-24(3)15-19-26/h9-10,12-21,30H,5-8,11,22-23H2,1-4H3. The average Bonchev–Trinajstić information content (AvgIpc) is 2.96. The van der Waals surface area contributed by atoms with Crippen LogP contribution in [-0.4, -0.2) is 34.0 Å². The van der Waals surface area contributed by atoms with Crippen molar-refractivity contribution < 1.29 is 9.53 Å². The summed E-state index contributed by atoms with van der Waals surface area (Å²) in [6.07, 6.45) is 5.11. The average molecular weight is 526 g/mol. The SMILES string of the molecule is CCCCCCN(C(=O)Cc1ccc(OC)cc1)C(CC)c1nc2ccccc2c(=O)n1-c1ccc(C)cc1. The summed E-state index contributed by atoms with van der Waals surface area (Å²) in [5, 5.41) is 0.565. The molecule has 0 N–H and O–H groups in total. The summed E-state index contributed by atoms with van der Waals surface area (Å²) < 4.78 is 6.99. The highest BCUT2D eigenvalue weighted by molar-refractivity contribution is 5.80. The lowest BCUT2D eigenvalue weighted by molar-refractivity contribution is -0.133. The van der Waals surface area contributed by atoms with Gasteiger partial charge in [0.05, 0.1) is 36.2 Å². The Balaban J connectivity index is 1.80. The molecule has 0 aliphatic heterocycles. The van der Waals surface area contributed by atoms with E-state index in [1.165, 1.54) is 0 Å². The maximum atomic E-state index is 13.9. The van der Waals surface area contributed by atoms with Gasteiger partial charge < -0.3 is 9.64 Å². The number of methoxy groups -OCH3 is 1. The van der Waals surface area contributed by atoms with Gasteiger partial charge in [-0.1, -0.05) is 75.1 Å². The highest BCUT2D eigenvalue weighted by Gasteiger charge is 2.29. The maximum Gasteiger partial charge on any atom is 0.266 e. The minimum Gasteiger partial charge on any atom is -0.497 e. The largest absolute Gasteiger partial charge is 0.497 e. The van der Waals surface area contributed by atoms with Gasteiger partial charge in [-0.05, 0) is 61.7 Å². The van der Waals surface area contributed by atoms with Crippen LogP contribution in [0, 0.1) is 6.92 Å². The molecule has 0 spiro atoms.